The highest BCUT2D eigenvalue weighted by Crippen LogP contribution is 2.21. The third-order valence-corrected chi connectivity index (χ3v) is 3.36. The quantitative estimate of drug-likeness (QED) is 0.626. The van der Waals surface area contributed by atoms with Gasteiger partial charge in [0, 0.05) is 19.2 Å². The van der Waals surface area contributed by atoms with Gasteiger partial charge in [0.05, 0.1) is 11.0 Å². The Morgan fingerprint density at radius 3 is 2.70 bits per heavy atom. The van der Waals surface area contributed by atoms with Gasteiger partial charge in [-0.15, -0.1) is 0 Å². The summed E-state index contributed by atoms with van der Waals surface area (Å²) in [6.07, 6.45) is 2.57. The Kier molecular flexibility index (Phi) is 4.55. The highest BCUT2D eigenvalue weighted by Gasteiger charge is 2.23. The van der Waals surface area contributed by atoms with E-state index in [1.165, 1.54) is 12.1 Å². The molecule has 1 atom stereocenters. The molecule has 108 valence electrons. The molecule has 0 unspecified atom stereocenters. The first-order valence-corrected chi connectivity index (χ1v) is 6.78. The molecule has 1 aliphatic heterocycles. The van der Waals surface area contributed by atoms with E-state index >= 15 is 0 Å². The Morgan fingerprint density at radius 2 is 2.05 bits per heavy atom. The number of benzene rings is 1. The molecule has 1 saturated heterocycles. The zero-order chi connectivity index (χ0) is 14.5. The molecule has 0 radical (unpaired) electrons. The number of carbonyl (C=O) groups excluding carboxylic acids is 1. The summed E-state index contributed by atoms with van der Waals surface area (Å²) in [6.45, 7) is 3.21. The van der Waals surface area contributed by atoms with Crippen LogP contribution >= 0.6 is 0 Å². The number of likely N-dealkylation sites (tertiary alicyclic amines) is 1. The minimum absolute atomic E-state index is 0.0416. The number of hydrogen-bond acceptors (Lipinski definition) is 4. The number of nitro groups is 1. The molecule has 1 aromatic carbocycles. The van der Waals surface area contributed by atoms with Crippen LogP contribution in [-0.4, -0.2) is 34.9 Å². The zero-order valence-corrected chi connectivity index (χ0v) is 11.4. The van der Waals surface area contributed by atoms with Crippen molar-refractivity contribution >= 4 is 11.6 Å². The molecule has 0 aromatic heterocycles. The number of nitrogens with zero attached hydrogens (tertiary/aromatic N) is 2. The molecule has 1 heterocycles. The van der Waals surface area contributed by atoms with Crippen LogP contribution in [0.4, 0.5) is 5.69 Å². The van der Waals surface area contributed by atoms with Crippen molar-refractivity contribution in [1.82, 2.24) is 4.90 Å². The first-order valence-electron chi connectivity index (χ1n) is 6.78. The van der Waals surface area contributed by atoms with E-state index in [2.05, 4.69) is 0 Å². The van der Waals surface area contributed by atoms with Gasteiger partial charge in [0.1, 0.15) is 5.75 Å². The molecule has 1 fully saturated rings. The molecule has 0 saturated carbocycles. The molecule has 0 spiro atoms. The van der Waals surface area contributed by atoms with Gasteiger partial charge in [-0.05, 0) is 32.3 Å². The lowest BCUT2D eigenvalue weighted by Gasteiger charge is -2.29. The minimum Gasteiger partial charge on any atom is -0.481 e. The second kappa shape index (κ2) is 6.36. The van der Waals surface area contributed by atoms with E-state index in [0.717, 1.165) is 32.4 Å². The Balaban J connectivity index is 1.99. The molecule has 20 heavy (non-hydrogen) atoms. The van der Waals surface area contributed by atoms with Crippen LogP contribution in [0.15, 0.2) is 24.3 Å². The number of ether oxygens (including phenoxy) is 1. The molecule has 2 rings (SSSR count). The van der Waals surface area contributed by atoms with Crippen LogP contribution in [-0.2, 0) is 4.79 Å². The Bertz CT molecular complexity index is 498. The fraction of sp³-hybridized carbons (Fsp3) is 0.500. The Hall–Kier alpha value is -2.11. The van der Waals surface area contributed by atoms with Gasteiger partial charge in [-0.3, -0.25) is 14.9 Å². The van der Waals surface area contributed by atoms with E-state index in [9.17, 15) is 14.9 Å². The van der Waals surface area contributed by atoms with Crippen molar-refractivity contribution in [2.24, 2.45) is 0 Å². The lowest BCUT2D eigenvalue weighted by atomic mass is 10.1. The number of rotatable bonds is 4. The second-order valence-electron chi connectivity index (χ2n) is 4.90. The molecular weight excluding hydrogens is 260 g/mol. The average molecular weight is 278 g/mol. The molecule has 6 heteroatoms. The highest BCUT2D eigenvalue weighted by molar-refractivity contribution is 5.81. The van der Waals surface area contributed by atoms with Gasteiger partial charge < -0.3 is 9.64 Å². The van der Waals surface area contributed by atoms with E-state index in [0.29, 0.717) is 5.75 Å². The summed E-state index contributed by atoms with van der Waals surface area (Å²) >= 11 is 0. The van der Waals surface area contributed by atoms with Gasteiger partial charge in [-0.2, -0.15) is 0 Å². The predicted molar refractivity (Wildman–Crippen MR) is 73.6 cm³/mol. The molecule has 1 amide bonds. The molecule has 6 nitrogen and oxygen atoms in total. The maximum Gasteiger partial charge on any atom is 0.273 e. The van der Waals surface area contributed by atoms with Crippen molar-refractivity contribution in [2.75, 3.05) is 13.1 Å². The normalized spacial score (nSPS) is 16.6. The minimum atomic E-state index is -0.630. The summed E-state index contributed by atoms with van der Waals surface area (Å²) in [7, 11) is 0. The van der Waals surface area contributed by atoms with E-state index in [4.69, 9.17) is 4.74 Å². The maximum atomic E-state index is 12.2. The van der Waals surface area contributed by atoms with Crippen molar-refractivity contribution in [3.05, 3.63) is 34.4 Å². The molecule has 1 aliphatic rings. The van der Waals surface area contributed by atoms with Crippen LogP contribution < -0.4 is 4.74 Å². The predicted octanol–water partition coefficient (Wildman–Crippen LogP) is 2.37. The first-order chi connectivity index (χ1) is 9.58. The summed E-state index contributed by atoms with van der Waals surface area (Å²) < 4.78 is 5.52. The van der Waals surface area contributed by atoms with Gasteiger partial charge in [-0.25, -0.2) is 0 Å². The smallest absolute Gasteiger partial charge is 0.273 e. The van der Waals surface area contributed by atoms with Crippen molar-refractivity contribution in [3.63, 3.8) is 0 Å². The summed E-state index contributed by atoms with van der Waals surface area (Å²) in [4.78, 5) is 24.2. The molecule has 0 bridgehead atoms. The van der Waals surface area contributed by atoms with Crippen LogP contribution in [0, 0.1) is 10.1 Å². The lowest BCUT2D eigenvalue weighted by Crippen LogP contribution is -2.43. The first kappa shape index (κ1) is 14.3. The number of carbonyl (C=O) groups is 1. The molecule has 0 aliphatic carbocycles. The highest BCUT2D eigenvalue weighted by atomic mass is 16.6. The molecular formula is C14H18N2O4. The second-order valence-corrected chi connectivity index (χ2v) is 4.90. The summed E-state index contributed by atoms with van der Waals surface area (Å²) in [5.74, 6) is 0.285. The van der Waals surface area contributed by atoms with E-state index < -0.39 is 11.0 Å². The standard InChI is InChI=1S/C14H18N2O4/c1-11(14(17)15-8-3-2-4-9-15)20-13-7-5-6-12(10-13)16(18)19/h5-7,10-11H,2-4,8-9H2,1H3/t11-/m1/s1. The molecule has 0 N–H and O–H groups in total. The van der Waals surface area contributed by atoms with Crippen molar-refractivity contribution in [3.8, 4) is 5.75 Å². The van der Waals surface area contributed by atoms with Gasteiger partial charge >= 0.3 is 0 Å². The number of non-ortho nitro benzene ring substituents is 1. The fourth-order valence-corrected chi connectivity index (χ4v) is 2.30. The summed E-state index contributed by atoms with van der Waals surface area (Å²) in [5, 5.41) is 10.7. The van der Waals surface area contributed by atoms with Crippen LogP contribution in [0.1, 0.15) is 26.2 Å². The van der Waals surface area contributed by atoms with Crippen LogP contribution in [0.3, 0.4) is 0 Å². The van der Waals surface area contributed by atoms with E-state index in [1.54, 1.807) is 24.0 Å². The Morgan fingerprint density at radius 1 is 1.35 bits per heavy atom. The third-order valence-electron chi connectivity index (χ3n) is 3.36. The van der Waals surface area contributed by atoms with Crippen molar-refractivity contribution in [1.29, 1.82) is 0 Å². The van der Waals surface area contributed by atoms with Crippen LogP contribution in [0.2, 0.25) is 0 Å². The number of nitro benzene ring substituents is 1. The molecule has 1 aromatic rings. The SMILES string of the molecule is C[C@@H](Oc1cccc([N+](=O)[O-])c1)C(=O)N1CCCCC1. The number of amides is 1. The van der Waals surface area contributed by atoms with Crippen molar-refractivity contribution in [2.45, 2.75) is 32.3 Å². The maximum absolute atomic E-state index is 12.2. The van der Waals surface area contributed by atoms with Gasteiger partial charge in [0.25, 0.3) is 11.6 Å². The van der Waals surface area contributed by atoms with Crippen LogP contribution in [0.5, 0.6) is 5.75 Å². The Labute approximate surface area is 117 Å². The summed E-state index contributed by atoms with van der Waals surface area (Å²) in [6, 6.07) is 5.89. The lowest BCUT2D eigenvalue weighted by molar-refractivity contribution is -0.384. The van der Waals surface area contributed by atoms with Crippen molar-refractivity contribution < 1.29 is 14.5 Å². The average Bonchev–Trinajstić information content (AvgIpc) is 2.47. The van der Waals surface area contributed by atoms with Crippen LogP contribution in [0.25, 0.3) is 0 Å². The van der Waals surface area contributed by atoms with Gasteiger partial charge in [0.2, 0.25) is 0 Å². The van der Waals surface area contributed by atoms with Gasteiger partial charge in [-0.1, -0.05) is 6.07 Å². The van der Waals surface area contributed by atoms with E-state index in [1.807, 2.05) is 0 Å². The fourth-order valence-electron chi connectivity index (χ4n) is 2.30. The van der Waals surface area contributed by atoms with Gasteiger partial charge in [0.15, 0.2) is 6.10 Å². The monoisotopic (exact) mass is 278 g/mol. The largest absolute Gasteiger partial charge is 0.481 e. The topological polar surface area (TPSA) is 72.7 Å². The number of piperidine rings is 1. The summed E-state index contributed by atoms with van der Waals surface area (Å²) in [5.41, 5.74) is -0.0416. The van der Waals surface area contributed by atoms with E-state index in [-0.39, 0.29) is 11.6 Å². The number of hydrogen-bond donors (Lipinski definition) is 0. The third kappa shape index (κ3) is 3.46. The zero-order valence-electron chi connectivity index (χ0n) is 11.4.